The van der Waals surface area contributed by atoms with Crippen molar-refractivity contribution in [3.05, 3.63) is 52.3 Å². The molecular weight excluding hydrogens is 320 g/mol. The van der Waals surface area contributed by atoms with E-state index in [1.165, 1.54) is 0 Å². The van der Waals surface area contributed by atoms with Crippen LogP contribution in [-0.2, 0) is 17.8 Å². The van der Waals surface area contributed by atoms with Gasteiger partial charge in [-0.2, -0.15) is 0 Å². The fourth-order valence-electron chi connectivity index (χ4n) is 3.40. The molecule has 0 radical (unpaired) electrons. The van der Waals surface area contributed by atoms with Crippen LogP contribution < -0.4 is 10.1 Å². The number of rotatable bonds is 5. The van der Waals surface area contributed by atoms with Crippen LogP contribution in [0.3, 0.4) is 0 Å². The monoisotopic (exact) mass is 342 g/mol. The molecule has 1 aliphatic rings. The standard InChI is InChI=1S/C19H22N2O4/c1-4-21-11(2)9-15(12(21)3)18(22)20-17(19(23)24)14-5-6-16-13(10-14)7-8-25-16/h5-6,9-10,17H,4,7-8H2,1-3H3,(H,20,22)(H,23,24)/t17-/m0/s1. The van der Waals surface area contributed by atoms with E-state index in [0.717, 1.165) is 35.7 Å². The van der Waals surface area contributed by atoms with E-state index in [0.29, 0.717) is 17.7 Å². The van der Waals surface area contributed by atoms with E-state index in [9.17, 15) is 14.7 Å². The summed E-state index contributed by atoms with van der Waals surface area (Å²) in [4.78, 5) is 24.4. The average molecular weight is 342 g/mol. The van der Waals surface area contributed by atoms with Crippen molar-refractivity contribution in [1.29, 1.82) is 0 Å². The molecule has 132 valence electrons. The summed E-state index contributed by atoms with van der Waals surface area (Å²) in [5.41, 5.74) is 3.85. The second-order valence-corrected chi connectivity index (χ2v) is 6.24. The number of carboxylic acids is 1. The van der Waals surface area contributed by atoms with Crippen LogP contribution in [0.1, 0.15) is 45.8 Å². The maximum Gasteiger partial charge on any atom is 0.330 e. The zero-order valence-corrected chi connectivity index (χ0v) is 14.6. The lowest BCUT2D eigenvalue weighted by Crippen LogP contribution is -2.34. The summed E-state index contributed by atoms with van der Waals surface area (Å²) < 4.78 is 7.48. The van der Waals surface area contributed by atoms with Crippen molar-refractivity contribution >= 4 is 11.9 Å². The number of aryl methyl sites for hydroxylation is 1. The number of carbonyl (C=O) groups is 2. The Morgan fingerprint density at radius 2 is 2.08 bits per heavy atom. The van der Waals surface area contributed by atoms with E-state index in [-0.39, 0.29) is 5.91 Å². The minimum atomic E-state index is -1.09. The Hall–Kier alpha value is -2.76. The molecule has 2 N–H and O–H groups in total. The van der Waals surface area contributed by atoms with Gasteiger partial charge in [0.25, 0.3) is 5.91 Å². The molecule has 1 aromatic heterocycles. The molecule has 0 saturated carbocycles. The second-order valence-electron chi connectivity index (χ2n) is 6.24. The molecule has 1 aromatic carbocycles. The smallest absolute Gasteiger partial charge is 0.330 e. The van der Waals surface area contributed by atoms with Gasteiger partial charge in [-0.15, -0.1) is 0 Å². The fraction of sp³-hybridized carbons (Fsp3) is 0.368. The Labute approximate surface area is 146 Å². The Balaban J connectivity index is 1.87. The van der Waals surface area contributed by atoms with Gasteiger partial charge in [0, 0.05) is 24.4 Å². The van der Waals surface area contributed by atoms with Crippen LogP contribution in [0.15, 0.2) is 24.3 Å². The fourth-order valence-corrected chi connectivity index (χ4v) is 3.40. The van der Waals surface area contributed by atoms with Crippen LogP contribution in [0, 0.1) is 13.8 Å². The number of carbonyl (C=O) groups excluding carboxylic acids is 1. The van der Waals surface area contributed by atoms with Crippen LogP contribution >= 0.6 is 0 Å². The van der Waals surface area contributed by atoms with Gasteiger partial charge in [0.15, 0.2) is 6.04 Å². The highest BCUT2D eigenvalue weighted by atomic mass is 16.5. The maximum absolute atomic E-state index is 12.7. The topological polar surface area (TPSA) is 80.6 Å². The number of nitrogens with zero attached hydrogens (tertiary/aromatic N) is 1. The molecule has 0 saturated heterocycles. The number of hydrogen-bond acceptors (Lipinski definition) is 3. The lowest BCUT2D eigenvalue weighted by atomic mass is 10.0. The van der Waals surface area contributed by atoms with Crippen molar-refractivity contribution in [2.24, 2.45) is 0 Å². The number of benzene rings is 1. The summed E-state index contributed by atoms with van der Waals surface area (Å²) >= 11 is 0. The molecule has 0 aliphatic carbocycles. The normalized spacial score (nSPS) is 13.9. The van der Waals surface area contributed by atoms with Gasteiger partial charge in [0.1, 0.15) is 5.75 Å². The van der Waals surface area contributed by atoms with Crippen molar-refractivity contribution in [3.63, 3.8) is 0 Å². The Bertz CT molecular complexity index is 838. The van der Waals surface area contributed by atoms with Gasteiger partial charge < -0.3 is 19.7 Å². The number of aromatic nitrogens is 1. The zero-order chi connectivity index (χ0) is 18.1. The van der Waals surface area contributed by atoms with Crippen molar-refractivity contribution in [2.75, 3.05) is 6.61 Å². The Morgan fingerprint density at radius 1 is 1.32 bits per heavy atom. The van der Waals surface area contributed by atoms with Crippen LogP contribution in [0.5, 0.6) is 5.75 Å². The molecule has 2 heterocycles. The van der Waals surface area contributed by atoms with E-state index >= 15 is 0 Å². The lowest BCUT2D eigenvalue weighted by Gasteiger charge is -2.16. The third kappa shape index (κ3) is 3.12. The summed E-state index contributed by atoms with van der Waals surface area (Å²) in [5.74, 6) is -0.681. The van der Waals surface area contributed by atoms with Crippen molar-refractivity contribution in [2.45, 2.75) is 39.8 Å². The third-order valence-electron chi connectivity index (χ3n) is 4.70. The van der Waals surface area contributed by atoms with Gasteiger partial charge in [-0.25, -0.2) is 4.79 Å². The van der Waals surface area contributed by atoms with Gasteiger partial charge in [-0.3, -0.25) is 4.79 Å². The molecule has 1 atom stereocenters. The van der Waals surface area contributed by atoms with Crippen LogP contribution in [0.2, 0.25) is 0 Å². The number of amides is 1. The highest BCUT2D eigenvalue weighted by Gasteiger charge is 2.26. The summed E-state index contributed by atoms with van der Waals surface area (Å²) in [6.07, 6.45) is 0.751. The lowest BCUT2D eigenvalue weighted by molar-refractivity contribution is -0.139. The highest BCUT2D eigenvalue weighted by Crippen LogP contribution is 2.28. The second kappa shape index (κ2) is 6.63. The number of hydrogen-bond donors (Lipinski definition) is 2. The summed E-state index contributed by atoms with van der Waals surface area (Å²) in [5, 5.41) is 12.2. The minimum Gasteiger partial charge on any atom is -0.493 e. The Morgan fingerprint density at radius 3 is 2.72 bits per heavy atom. The molecule has 0 bridgehead atoms. The first kappa shape index (κ1) is 17.1. The van der Waals surface area contributed by atoms with Gasteiger partial charge in [0.2, 0.25) is 0 Å². The summed E-state index contributed by atoms with van der Waals surface area (Å²) in [7, 11) is 0. The molecular formula is C19H22N2O4. The molecule has 2 aromatic rings. The molecule has 6 nitrogen and oxygen atoms in total. The number of nitrogens with one attached hydrogen (secondary N) is 1. The van der Waals surface area contributed by atoms with Gasteiger partial charge in [-0.1, -0.05) is 6.07 Å². The first-order valence-corrected chi connectivity index (χ1v) is 8.38. The van der Waals surface area contributed by atoms with Gasteiger partial charge >= 0.3 is 5.97 Å². The van der Waals surface area contributed by atoms with Crippen molar-refractivity contribution < 1.29 is 19.4 Å². The maximum atomic E-state index is 12.7. The van der Waals surface area contributed by atoms with E-state index < -0.39 is 12.0 Å². The van der Waals surface area contributed by atoms with Crippen LogP contribution in [0.25, 0.3) is 0 Å². The molecule has 0 unspecified atom stereocenters. The average Bonchev–Trinajstić information content (AvgIpc) is 3.15. The number of carboxylic acid groups (broad SMARTS) is 1. The first-order chi connectivity index (χ1) is 11.9. The quantitative estimate of drug-likeness (QED) is 0.875. The van der Waals surface area contributed by atoms with E-state index in [1.54, 1.807) is 24.3 Å². The van der Waals surface area contributed by atoms with E-state index in [2.05, 4.69) is 5.32 Å². The third-order valence-corrected chi connectivity index (χ3v) is 4.70. The first-order valence-electron chi connectivity index (χ1n) is 8.38. The molecule has 0 spiro atoms. The number of ether oxygens (including phenoxy) is 1. The van der Waals surface area contributed by atoms with Crippen molar-refractivity contribution in [1.82, 2.24) is 9.88 Å². The predicted octanol–water partition coefficient (Wildman–Crippen LogP) is 2.62. The van der Waals surface area contributed by atoms with E-state index in [1.807, 2.05) is 25.3 Å². The highest BCUT2D eigenvalue weighted by molar-refractivity contribution is 5.98. The molecule has 1 amide bonds. The minimum absolute atomic E-state index is 0.378. The zero-order valence-electron chi connectivity index (χ0n) is 14.6. The molecule has 0 fully saturated rings. The molecule has 1 aliphatic heterocycles. The van der Waals surface area contributed by atoms with Gasteiger partial charge in [0.05, 0.1) is 12.2 Å². The Kier molecular flexibility index (Phi) is 4.53. The van der Waals surface area contributed by atoms with Gasteiger partial charge in [-0.05, 0) is 50.1 Å². The van der Waals surface area contributed by atoms with Crippen LogP contribution in [-0.4, -0.2) is 28.2 Å². The van der Waals surface area contributed by atoms with E-state index in [4.69, 9.17) is 4.74 Å². The largest absolute Gasteiger partial charge is 0.493 e. The summed E-state index contributed by atoms with van der Waals surface area (Å²) in [6.45, 7) is 7.18. The SMILES string of the molecule is CCn1c(C)cc(C(=O)N[C@H](C(=O)O)c2ccc3c(c2)CCO3)c1C. The summed E-state index contributed by atoms with van der Waals surface area (Å²) in [6, 6.07) is 5.96. The number of fused-ring (bicyclic) bond motifs is 1. The number of aliphatic carboxylic acids is 1. The van der Waals surface area contributed by atoms with Crippen LogP contribution in [0.4, 0.5) is 0 Å². The molecule has 6 heteroatoms. The predicted molar refractivity (Wildman–Crippen MR) is 93.1 cm³/mol. The van der Waals surface area contributed by atoms with Crippen molar-refractivity contribution in [3.8, 4) is 5.75 Å². The molecule has 3 rings (SSSR count). The molecule has 25 heavy (non-hydrogen) atoms.